The lowest BCUT2D eigenvalue weighted by atomic mass is 10.0. The summed E-state index contributed by atoms with van der Waals surface area (Å²) in [5.41, 5.74) is 0. The van der Waals surface area contributed by atoms with Crippen LogP contribution in [0.15, 0.2) is 16.9 Å². The molecule has 0 aliphatic carbocycles. The minimum absolute atomic E-state index is 0.00523. The van der Waals surface area contributed by atoms with Crippen LogP contribution in [-0.4, -0.2) is 10.8 Å². The molecule has 12 heavy (non-hydrogen) atoms. The lowest BCUT2D eigenvalue weighted by Crippen LogP contribution is -2.05. The summed E-state index contributed by atoms with van der Waals surface area (Å²) in [4.78, 5) is 15.1. The Morgan fingerprint density at radius 2 is 2.50 bits per heavy atom. The Morgan fingerprint density at radius 1 is 1.75 bits per heavy atom. The molecule has 0 radical (unpaired) electrons. The Hall–Kier alpha value is -1.12. The standard InChI is InChI=1S/C9H13NO2/c1-3-7(2)6-8(11)9-10-4-5-12-9/h4-5,7H,3,6H2,1-2H3/t7-/m1/s1. The molecule has 0 bridgehead atoms. The number of aromatic nitrogens is 1. The molecular formula is C9H13NO2. The molecule has 66 valence electrons. The number of ketones is 1. The molecule has 3 heteroatoms. The van der Waals surface area contributed by atoms with Crippen LogP contribution < -0.4 is 0 Å². The number of rotatable bonds is 4. The van der Waals surface area contributed by atoms with Gasteiger partial charge in [-0.05, 0) is 5.92 Å². The molecule has 0 unspecified atom stereocenters. The van der Waals surface area contributed by atoms with E-state index in [-0.39, 0.29) is 11.7 Å². The van der Waals surface area contributed by atoms with Gasteiger partial charge in [-0.2, -0.15) is 0 Å². The maximum Gasteiger partial charge on any atom is 0.263 e. The molecule has 0 fully saturated rings. The van der Waals surface area contributed by atoms with Gasteiger partial charge < -0.3 is 4.42 Å². The van der Waals surface area contributed by atoms with Gasteiger partial charge in [-0.1, -0.05) is 20.3 Å². The van der Waals surface area contributed by atoms with Crippen LogP contribution in [-0.2, 0) is 0 Å². The molecule has 0 aliphatic heterocycles. The quantitative estimate of drug-likeness (QED) is 0.646. The second kappa shape index (κ2) is 4.04. The summed E-state index contributed by atoms with van der Waals surface area (Å²) in [5, 5.41) is 0. The van der Waals surface area contributed by atoms with Crippen molar-refractivity contribution in [3.8, 4) is 0 Å². The maximum atomic E-state index is 11.3. The molecule has 0 aromatic carbocycles. The van der Waals surface area contributed by atoms with Gasteiger partial charge in [0, 0.05) is 6.42 Å². The first kappa shape index (κ1) is 8.97. The maximum absolute atomic E-state index is 11.3. The molecular weight excluding hydrogens is 154 g/mol. The Labute approximate surface area is 71.8 Å². The average Bonchev–Trinajstić information content (AvgIpc) is 2.56. The SMILES string of the molecule is CC[C@@H](C)CC(=O)c1ncco1. The van der Waals surface area contributed by atoms with Gasteiger partial charge in [-0.25, -0.2) is 4.98 Å². The van der Waals surface area contributed by atoms with Crippen molar-refractivity contribution < 1.29 is 9.21 Å². The Bertz CT molecular complexity index is 241. The molecule has 1 aromatic heterocycles. The minimum Gasteiger partial charge on any atom is -0.442 e. The van der Waals surface area contributed by atoms with E-state index in [1.54, 1.807) is 0 Å². The van der Waals surface area contributed by atoms with E-state index in [1.807, 2.05) is 6.92 Å². The molecule has 0 amide bonds. The molecule has 0 saturated carbocycles. The number of hydrogen-bond donors (Lipinski definition) is 0. The number of carbonyl (C=O) groups is 1. The lowest BCUT2D eigenvalue weighted by Gasteiger charge is -2.03. The summed E-state index contributed by atoms with van der Waals surface area (Å²) >= 11 is 0. The van der Waals surface area contributed by atoms with Crippen LogP contribution in [0.2, 0.25) is 0 Å². The van der Waals surface area contributed by atoms with Crippen molar-refractivity contribution in [2.24, 2.45) is 5.92 Å². The van der Waals surface area contributed by atoms with Crippen molar-refractivity contribution in [3.63, 3.8) is 0 Å². The normalized spacial score (nSPS) is 12.8. The van der Waals surface area contributed by atoms with Gasteiger partial charge in [0.1, 0.15) is 6.26 Å². The van der Waals surface area contributed by atoms with E-state index in [2.05, 4.69) is 11.9 Å². The number of hydrogen-bond acceptors (Lipinski definition) is 3. The van der Waals surface area contributed by atoms with Gasteiger partial charge >= 0.3 is 0 Å². The summed E-state index contributed by atoms with van der Waals surface area (Å²) in [6.45, 7) is 4.11. The molecule has 0 aliphatic rings. The zero-order valence-corrected chi connectivity index (χ0v) is 7.41. The van der Waals surface area contributed by atoms with E-state index < -0.39 is 0 Å². The largest absolute Gasteiger partial charge is 0.442 e. The number of oxazole rings is 1. The zero-order valence-electron chi connectivity index (χ0n) is 7.41. The summed E-state index contributed by atoms with van der Waals surface area (Å²) in [6, 6.07) is 0. The smallest absolute Gasteiger partial charge is 0.263 e. The van der Waals surface area contributed by atoms with Crippen molar-refractivity contribution in [1.29, 1.82) is 0 Å². The Morgan fingerprint density at radius 3 is 3.00 bits per heavy atom. The van der Waals surface area contributed by atoms with Crippen molar-refractivity contribution in [3.05, 3.63) is 18.4 Å². The van der Waals surface area contributed by atoms with E-state index in [9.17, 15) is 4.79 Å². The van der Waals surface area contributed by atoms with Gasteiger partial charge in [-0.15, -0.1) is 0 Å². The molecule has 3 nitrogen and oxygen atoms in total. The van der Waals surface area contributed by atoms with Crippen molar-refractivity contribution in [1.82, 2.24) is 4.98 Å². The van der Waals surface area contributed by atoms with Crippen LogP contribution in [0.3, 0.4) is 0 Å². The predicted molar refractivity (Wildman–Crippen MR) is 44.9 cm³/mol. The topological polar surface area (TPSA) is 43.1 Å². The predicted octanol–water partition coefficient (Wildman–Crippen LogP) is 2.29. The fourth-order valence-corrected chi connectivity index (χ4v) is 0.909. The van der Waals surface area contributed by atoms with Crippen LogP contribution in [0.4, 0.5) is 0 Å². The summed E-state index contributed by atoms with van der Waals surface area (Å²) in [5.74, 6) is 0.633. The second-order valence-electron chi connectivity index (χ2n) is 2.98. The highest BCUT2D eigenvalue weighted by Crippen LogP contribution is 2.10. The van der Waals surface area contributed by atoms with Crippen LogP contribution in [0, 0.1) is 5.92 Å². The summed E-state index contributed by atoms with van der Waals surface area (Å²) in [6.07, 6.45) is 4.44. The third-order valence-electron chi connectivity index (χ3n) is 1.90. The van der Waals surface area contributed by atoms with Crippen molar-refractivity contribution >= 4 is 5.78 Å². The minimum atomic E-state index is -0.00523. The van der Waals surface area contributed by atoms with Crippen molar-refractivity contribution in [2.75, 3.05) is 0 Å². The highest BCUT2D eigenvalue weighted by atomic mass is 16.3. The first-order valence-corrected chi connectivity index (χ1v) is 4.16. The van der Waals surface area contributed by atoms with Gasteiger partial charge in [0.25, 0.3) is 5.89 Å². The molecule has 0 spiro atoms. The van der Waals surface area contributed by atoms with Gasteiger partial charge in [-0.3, -0.25) is 4.79 Å². The van der Waals surface area contributed by atoms with E-state index in [1.165, 1.54) is 12.5 Å². The van der Waals surface area contributed by atoms with Gasteiger partial charge in [0.15, 0.2) is 0 Å². The van der Waals surface area contributed by atoms with Crippen LogP contribution in [0.1, 0.15) is 37.4 Å². The number of carbonyl (C=O) groups excluding carboxylic acids is 1. The zero-order chi connectivity index (χ0) is 8.97. The lowest BCUT2D eigenvalue weighted by molar-refractivity contribution is 0.0929. The third kappa shape index (κ3) is 2.19. The van der Waals surface area contributed by atoms with Gasteiger partial charge in [0.05, 0.1) is 6.20 Å². The second-order valence-corrected chi connectivity index (χ2v) is 2.98. The fraction of sp³-hybridized carbons (Fsp3) is 0.556. The van der Waals surface area contributed by atoms with Crippen molar-refractivity contribution in [2.45, 2.75) is 26.7 Å². The molecule has 0 saturated heterocycles. The Balaban J connectivity index is 2.50. The fourth-order valence-electron chi connectivity index (χ4n) is 0.909. The third-order valence-corrected chi connectivity index (χ3v) is 1.90. The number of nitrogens with zero attached hydrogens (tertiary/aromatic N) is 1. The molecule has 1 atom stereocenters. The van der Waals surface area contributed by atoms with E-state index >= 15 is 0 Å². The average molecular weight is 167 g/mol. The summed E-state index contributed by atoms with van der Waals surface area (Å²) in [7, 11) is 0. The van der Waals surface area contributed by atoms with Crippen LogP contribution in [0.25, 0.3) is 0 Å². The van der Waals surface area contributed by atoms with E-state index in [4.69, 9.17) is 4.42 Å². The van der Waals surface area contributed by atoms with Crippen LogP contribution in [0.5, 0.6) is 0 Å². The first-order chi connectivity index (χ1) is 5.74. The van der Waals surface area contributed by atoms with E-state index in [0.29, 0.717) is 12.3 Å². The monoisotopic (exact) mass is 167 g/mol. The highest BCUT2D eigenvalue weighted by Gasteiger charge is 2.13. The van der Waals surface area contributed by atoms with Crippen LogP contribution >= 0.6 is 0 Å². The molecule has 0 N–H and O–H groups in total. The first-order valence-electron chi connectivity index (χ1n) is 4.16. The molecule has 1 aromatic rings. The highest BCUT2D eigenvalue weighted by molar-refractivity contribution is 5.91. The Kier molecular flexibility index (Phi) is 3.02. The van der Waals surface area contributed by atoms with Gasteiger partial charge in [0.2, 0.25) is 5.78 Å². The number of Topliss-reactive ketones (excluding diaryl/α,β-unsaturated/α-hetero) is 1. The van der Waals surface area contributed by atoms with E-state index in [0.717, 1.165) is 6.42 Å². The summed E-state index contributed by atoms with van der Waals surface area (Å²) < 4.78 is 4.88. The molecule has 1 rings (SSSR count). The molecule has 1 heterocycles.